The van der Waals surface area contributed by atoms with Crippen molar-refractivity contribution in [3.05, 3.63) is 65.4 Å². The number of amides is 1. The predicted molar refractivity (Wildman–Crippen MR) is 144 cm³/mol. The number of aromatic nitrogens is 1. The molecule has 1 aliphatic carbocycles. The van der Waals surface area contributed by atoms with Crippen LogP contribution in [0.1, 0.15) is 74.4 Å². The summed E-state index contributed by atoms with van der Waals surface area (Å²) in [6.45, 7) is 10.2. The number of hydrogen-bond acceptors (Lipinski definition) is 4. The number of fused-ring (bicyclic) bond motifs is 1. The van der Waals surface area contributed by atoms with Crippen LogP contribution in [-0.2, 0) is 6.54 Å². The summed E-state index contributed by atoms with van der Waals surface area (Å²) in [6, 6.07) is 14.2. The Hall–Kier alpha value is -2.92. The predicted octanol–water partition coefficient (Wildman–Crippen LogP) is 6.89. The lowest BCUT2D eigenvalue weighted by molar-refractivity contribution is 0.102. The van der Waals surface area contributed by atoms with Crippen LogP contribution in [0.2, 0.25) is 0 Å². The minimum absolute atomic E-state index is 0.136. The summed E-state index contributed by atoms with van der Waals surface area (Å²) in [6.07, 6.45) is 8.20. The van der Waals surface area contributed by atoms with E-state index in [0.29, 0.717) is 24.1 Å². The average Bonchev–Trinajstić information content (AvgIpc) is 2.88. The van der Waals surface area contributed by atoms with E-state index < -0.39 is 0 Å². The number of rotatable bonds is 9. The molecule has 3 aromatic rings. The molecule has 2 N–H and O–H groups in total. The molecular weight excluding hydrogens is 434 g/mol. The number of carbonyl (C=O) groups excluding carboxylic acids is 1. The molecule has 5 nitrogen and oxygen atoms in total. The van der Waals surface area contributed by atoms with Crippen molar-refractivity contribution in [3.8, 4) is 5.75 Å². The molecule has 2 aromatic carbocycles. The zero-order valence-electron chi connectivity index (χ0n) is 21.6. The highest BCUT2D eigenvalue weighted by Crippen LogP contribution is 2.26. The van der Waals surface area contributed by atoms with Gasteiger partial charge in [-0.1, -0.05) is 33.3 Å². The summed E-state index contributed by atoms with van der Waals surface area (Å²) in [5.74, 6) is 2.02. The van der Waals surface area contributed by atoms with Crippen LogP contribution < -0.4 is 15.4 Å². The highest BCUT2D eigenvalue weighted by Gasteiger charge is 2.17. The molecule has 1 aromatic heterocycles. The Morgan fingerprint density at radius 2 is 1.86 bits per heavy atom. The topological polar surface area (TPSA) is 63.2 Å². The number of nitrogens with one attached hydrogen (secondary N) is 2. The normalized spacial score (nSPS) is 18.9. The maximum absolute atomic E-state index is 12.9. The molecule has 1 amide bonds. The fraction of sp³-hybridized carbons (Fsp3) is 0.467. The number of carbonyl (C=O) groups is 1. The van der Waals surface area contributed by atoms with Gasteiger partial charge < -0.3 is 15.4 Å². The molecule has 0 bridgehead atoms. The number of pyridine rings is 1. The van der Waals surface area contributed by atoms with Gasteiger partial charge in [0, 0.05) is 35.4 Å². The van der Waals surface area contributed by atoms with E-state index in [4.69, 9.17) is 9.72 Å². The lowest BCUT2D eigenvalue weighted by Gasteiger charge is -2.27. The number of hydrogen-bond donors (Lipinski definition) is 2. The molecule has 1 aliphatic rings. The van der Waals surface area contributed by atoms with Gasteiger partial charge in [0.2, 0.25) is 0 Å². The van der Waals surface area contributed by atoms with E-state index in [2.05, 4.69) is 37.5 Å². The number of ether oxygens (including phenoxy) is 1. The highest BCUT2D eigenvalue weighted by molar-refractivity contribution is 6.06. The smallest absolute Gasteiger partial charge is 0.255 e. The first kappa shape index (κ1) is 25.2. The van der Waals surface area contributed by atoms with Crippen molar-refractivity contribution in [1.29, 1.82) is 0 Å². The first-order valence-corrected chi connectivity index (χ1v) is 13.1. The van der Waals surface area contributed by atoms with Gasteiger partial charge in [-0.2, -0.15) is 0 Å². The van der Waals surface area contributed by atoms with Crippen LogP contribution in [0.5, 0.6) is 5.75 Å². The van der Waals surface area contributed by atoms with Crippen LogP contribution in [0.25, 0.3) is 10.9 Å². The molecule has 1 atom stereocenters. The van der Waals surface area contributed by atoms with Gasteiger partial charge in [0.1, 0.15) is 5.75 Å². The van der Waals surface area contributed by atoms with Gasteiger partial charge in [-0.05, 0) is 92.0 Å². The van der Waals surface area contributed by atoms with Gasteiger partial charge in [-0.25, -0.2) is 0 Å². The van der Waals surface area contributed by atoms with E-state index in [0.717, 1.165) is 46.8 Å². The Balaban J connectivity index is 1.38. The summed E-state index contributed by atoms with van der Waals surface area (Å²) in [4.78, 5) is 17.6. The van der Waals surface area contributed by atoms with E-state index in [9.17, 15) is 4.79 Å². The Kier molecular flexibility index (Phi) is 8.40. The second kappa shape index (κ2) is 11.7. The zero-order valence-corrected chi connectivity index (χ0v) is 21.6. The van der Waals surface area contributed by atoms with Gasteiger partial charge in [-0.3, -0.25) is 9.78 Å². The van der Waals surface area contributed by atoms with Gasteiger partial charge in [0.05, 0.1) is 12.1 Å². The summed E-state index contributed by atoms with van der Waals surface area (Å²) in [7, 11) is 0. The van der Waals surface area contributed by atoms with Crippen LogP contribution in [0.3, 0.4) is 0 Å². The number of benzene rings is 2. The molecule has 1 fully saturated rings. The molecule has 1 saturated carbocycles. The lowest BCUT2D eigenvalue weighted by atomic mass is 9.87. The first-order chi connectivity index (χ1) is 16.9. The standard InChI is InChI=1S/C30H39N3O2/c1-5-20(2)19-35-27-13-8-24(9-14-27)30(34)33-28-15-10-25-16-23(18-32-29(25)22(28)4)17-31-26-11-6-21(3)7-12-26/h8-10,13-16,18,20-21,26,31H,5-7,11-12,17,19H2,1-4H3,(H,33,34). The Bertz CT molecular complexity index is 1130. The Morgan fingerprint density at radius 1 is 1.11 bits per heavy atom. The minimum Gasteiger partial charge on any atom is -0.493 e. The quantitative estimate of drug-likeness (QED) is 0.355. The number of anilines is 1. The Labute approximate surface area is 209 Å². The third-order valence-electron chi connectivity index (χ3n) is 7.37. The minimum atomic E-state index is -0.136. The fourth-order valence-electron chi connectivity index (χ4n) is 4.61. The SMILES string of the molecule is CCC(C)COc1ccc(C(=O)Nc2ccc3cc(CNC4CCC(C)CC4)cnc3c2C)cc1. The molecule has 5 heteroatoms. The van der Waals surface area contributed by atoms with Crippen LogP contribution in [0, 0.1) is 18.8 Å². The molecule has 1 unspecified atom stereocenters. The molecular formula is C30H39N3O2. The Morgan fingerprint density at radius 3 is 2.57 bits per heavy atom. The largest absolute Gasteiger partial charge is 0.493 e. The average molecular weight is 474 g/mol. The van der Waals surface area contributed by atoms with Gasteiger partial charge >= 0.3 is 0 Å². The number of nitrogens with zero attached hydrogens (tertiary/aromatic N) is 1. The third-order valence-corrected chi connectivity index (χ3v) is 7.37. The summed E-state index contributed by atoms with van der Waals surface area (Å²) >= 11 is 0. The van der Waals surface area contributed by atoms with Gasteiger partial charge in [0.15, 0.2) is 0 Å². The molecule has 4 rings (SSSR count). The molecule has 0 saturated heterocycles. The summed E-state index contributed by atoms with van der Waals surface area (Å²) in [5.41, 5.74) is 4.49. The van der Waals surface area contributed by atoms with Crippen LogP contribution in [0.4, 0.5) is 5.69 Å². The second-order valence-corrected chi connectivity index (χ2v) is 10.3. The summed E-state index contributed by atoms with van der Waals surface area (Å²) < 4.78 is 5.80. The van der Waals surface area contributed by atoms with Crippen LogP contribution >= 0.6 is 0 Å². The van der Waals surface area contributed by atoms with E-state index in [-0.39, 0.29) is 5.91 Å². The van der Waals surface area contributed by atoms with Crippen LogP contribution in [0.15, 0.2) is 48.7 Å². The second-order valence-electron chi connectivity index (χ2n) is 10.3. The van der Waals surface area contributed by atoms with Crippen LogP contribution in [-0.4, -0.2) is 23.5 Å². The highest BCUT2D eigenvalue weighted by atomic mass is 16.5. The maximum Gasteiger partial charge on any atom is 0.255 e. The third kappa shape index (κ3) is 6.61. The van der Waals surface area contributed by atoms with Gasteiger partial charge in [0.25, 0.3) is 5.91 Å². The van der Waals surface area contributed by atoms with E-state index in [1.807, 2.05) is 49.5 Å². The van der Waals surface area contributed by atoms with E-state index >= 15 is 0 Å². The monoisotopic (exact) mass is 473 g/mol. The molecule has 0 aliphatic heterocycles. The van der Waals surface area contributed by atoms with Crippen molar-refractivity contribution < 1.29 is 9.53 Å². The first-order valence-electron chi connectivity index (χ1n) is 13.1. The van der Waals surface area contributed by atoms with Gasteiger partial charge in [-0.15, -0.1) is 0 Å². The lowest BCUT2D eigenvalue weighted by Crippen LogP contribution is -2.32. The number of aryl methyl sites for hydroxylation is 1. The van der Waals surface area contributed by atoms with E-state index in [1.165, 1.54) is 31.2 Å². The van der Waals surface area contributed by atoms with Crippen molar-refractivity contribution in [3.63, 3.8) is 0 Å². The van der Waals surface area contributed by atoms with Crippen molar-refractivity contribution in [1.82, 2.24) is 10.3 Å². The molecule has 1 heterocycles. The van der Waals surface area contributed by atoms with Crippen molar-refractivity contribution >= 4 is 22.5 Å². The maximum atomic E-state index is 12.9. The molecule has 0 spiro atoms. The zero-order chi connectivity index (χ0) is 24.8. The molecule has 186 valence electrons. The van der Waals surface area contributed by atoms with E-state index in [1.54, 1.807) is 0 Å². The molecule has 35 heavy (non-hydrogen) atoms. The summed E-state index contributed by atoms with van der Waals surface area (Å²) in [5, 5.41) is 7.86. The fourth-order valence-corrected chi connectivity index (χ4v) is 4.61. The van der Waals surface area contributed by atoms with Crippen molar-refractivity contribution in [2.24, 2.45) is 11.8 Å². The van der Waals surface area contributed by atoms with Crippen molar-refractivity contribution in [2.75, 3.05) is 11.9 Å². The van der Waals surface area contributed by atoms with Crippen molar-refractivity contribution in [2.45, 2.75) is 72.4 Å². The molecule has 0 radical (unpaired) electrons.